The van der Waals surface area contributed by atoms with E-state index in [1.165, 1.54) is 19.3 Å². The van der Waals surface area contributed by atoms with Crippen LogP contribution < -0.4 is 11.1 Å². The molecule has 88 valence electrons. The third-order valence-corrected chi connectivity index (χ3v) is 3.46. The molecule has 1 fully saturated rings. The van der Waals surface area contributed by atoms with Crippen LogP contribution in [0.2, 0.25) is 5.15 Å². The van der Waals surface area contributed by atoms with E-state index in [0.717, 1.165) is 18.4 Å². The van der Waals surface area contributed by atoms with Crippen molar-refractivity contribution in [2.24, 2.45) is 11.8 Å². The fraction of sp³-hybridized carbons (Fsp3) is 0.583. The van der Waals surface area contributed by atoms with Crippen molar-refractivity contribution in [1.29, 1.82) is 0 Å². The number of nitrogens with zero attached hydrogens (tertiary/aromatic N) is 1. The average Bonchev–Trinajstić information content (AvgIpc) is 2.66. The lowest BCUT2D eigenvalue weighted by Crippen LogP contribution is -2.13. The second-order valence-electron chi connectivity index (χ2n) is 4.74. The van der Waals surface area contributed by atoms with Crippen LogP contribution in [0, 0.1) is 11.8 Å². The molecule has 2 atom stereocenters. The Balaban J connectivity index is 1.91. The first kappa shape index (κ1) is 11.5. The van der Waals surface area contributed by atoms with E-state index >= 15 is 0 Å². The Morgan fingerprint density at radius 3 is 3.00 bits per heavy atom. The van der Waals surface area contributed by atoms with E-state index in [0.29, 0.717) is 16.7 Å². The van der Waals surface area contributed by atoms with Crippen LogP contribution in [0.5, 0.6) is 0 Å². The third-order valence-electron chi connectivity index (χ3n) is 3.25. The van der Waals surface area contributed by atoms with Gasteiger partial charge < -0.3 is 11.1 Å². The van der Waals surface area contributed by atoms with Crippen LogP contribution in [-0.4, -0.2) is 11.5 Å². The molecule has 1 saturated carbocycles. The number of pyridine rings is 1. The van der Waals surface area contributed by atoms with Crippen molar-refractivity contribution >= 4 is 23.1 Å². The fourth-order valence-corrected chi connectivity index (χ4v) is 2.49. The molecule has 1 aromatic rings. The van der Waals surface area contributed by atoms with E-state index in [9.17, 15) is 0 Å². The summed E-state index contributed by atoms with van der Waals surface area (Å²) in [6.07, 6.45) is 3.94. The number of halogens is 1. The van der Waals surface area contributed by atoms with Gasteiger partial charge in [-0.25, -0.2) is 4.98 Å². The van der Waals surface area contributed by atoms with E-state index in [2.05, 4.69) is 17.2 Å². The van der Waals surface area contributed by atoms with Crippen molar-refractivity contribution in [2.45, 2.75) is 26.2 Å². The van der Waals surface area contributed by atoms with Crippen LogP contribution in [0.15, 0.2) is 12.1 Å². The molecule has 0 bridgehead atoms. The number of aromatic nitrogens is 1. The topological polar surface area (TPSA) is 50.9 Å². The second-order valence-corrected chi connectivity index (χ2v) is 5.12. The summed E-state index contributed by atoms with van der Waals surface area (Å²) < 4.78 is 0. The van der Waals surface area contributed by atoms with Gasteiger partial charge in [0.15, 0.2) is 5.82 Å². The minimum absolute atomic E-state index is 0.483. The summed E-state index contributed by atoms with van der Waals surface area (Å²) in [7, 11) is 0. The summed E-state index contributed by atoms with van der Waals surface area (Å²) >= 11 is 5.83. The molecule has 0 saturated heterocycles. The van der Waals surface area contributed by atoms with Crippen molar-refractivity contribution < 1.29 is 0 Å². The number of nitrogens with one attached hydrogen (secondary N) is 1. The van der Waals surface area contributed by atoms with E-state index in [-0.39, 0.29) is 0 Å². The molecule has 0 amide bonds. The number of anilines is 2. The lowest BCUT2D eigenvalue weighted by atomic mass is 10.1. The van der Waals surface area contributed by atoms with Gasteiger partial charge in [0, 0.05) is 6.54 Å². The van der Waals surface area contributed by atoms with Crippen LogP contribution in [0.4, 0.5) is 11.5 Å². The molecule has 3 nitrogen and oxygen atoms in total. The zero-order valence-corrected chi connectivity index (χ0v) is 10.3. The maximum atomic E-state index is 5.83. The van der Waals surface area contributed by atoms with Gasteiger partial charge in [-0.3, -0.25) is 0 Å². The van der Waals surface area contributed by atoms with E-state index < -0.39 is 0 Å². The largest absolute Gasteiger partial charge is 0.396 e. The highest BCUT2D eigenvalue weighted by Crippen LogP contribution is 2.30. The number of hydrogen-bond donors (Lipinski definition) is 2. The van der Waals surface area contributed by atoms with Gasteiger partial charge in [0.05, 0.1) is 5.69 Å². The highest BCUT2D eigenvalue weighted by atomic mass is 35.5. The lowest BCUT2D eigenvalue weighted by molar-refractivity contribution is 0.536. The van der Waals surface area contributed by atoms with Crippen molar-refractivity contribution in [1.82, 2.24) is 4.98 Å². The smallest absolute Gasteiger partial charge is 0.150 e. The van der Waals surface area contributed by atoms with Gasteiger partial charge in [-0.2, -0.15) is 0 Å². The first-order valence-corrected chi connectivity index (χ1v) is 6.19. The summed E-state index contributed by atoms with van der Waals surface area (Å²) in [5.74, 6) is 2.32. The molecule has 16 heavy (non-hydrogen) atoms. The summed E-state index contributed by atoms with van der Waals surface area (Å²) in [5.41, 5.74) is 6.48. The van der Waals surface area contributed by atoms with E-state index in [4.69, 9.17) is 17.3 Å². The van der Waals surface area contributed by atoms with Crippen LogP contribution in [0.1, 0.15) is 26.2 Å². The molecular formula is C12H18ClN3. The number of rotatable bonds is 3. The molecule has 0 aromatic carbocycles. The average molecular weight is 240 g/mol. The first-order chi connectivity index (χ1) is 7.65. The van der Waals surface area contributed by atoms with Crippen molar-refractivity contribution in [3.63, 3.8) is 0 Å². The molecule has 4 heteroatoms. The Morgan fingerprint density at radius 1 is 1.50 bits per heavy atom. The summed E-state index contributed by atoms with van der Waals surface area (Å²) in [6, 6.07) is 3.49. The Hall–Kier alpha value is -0.960. The van der Waals surface area contributed by atoms with Gasteiger partial charge in [0.1, 0.15) is 5.15 Å². The predicted molar refractivity (Wildman–Crippen MR) is 68.7 cm³/mol. The number of nitrogens with two attached hydrogens (primary N) is 1. The van der Waals surface area contributed by atoms with E-state index in [1.54, 1.807) is 12.1 Å². The Morgan fingerprint density at radius 2 is 2.31 bits per heavy atom. The highest BCUT2D eigenvalue weighted by Gasteiger charge is 2.21. The molecule has 1 aliphatic carbocycles. The van der Waals surface area contributed by atoms with Gasteiger partial charge in [-0.05, 0) is 36.8 Å². The molecule has 1 aliphatic rings. The van der Waals surface area contributed by atoms with Crippen molar-refractivity contribution in [3.05, 3.63) is 17.3 Å². The van der Waals surface area contributed by atoms with Gasteiger partial charge in [0.2, 0.25) is 0 Å². The normalized spacial score (nSPS) is 24.6. The van der Waals surface area contributed by atoms with Gasteiger partial charge in [-0.15, -0.1) is 0 Å². The van der Waals surface area contributed by atoms with Gasteiger partial charge in [-0.1, -0.05) is 24.9 Å². The Kier molecular flexibility index (Phi) is 3.54. The van der Waals surface area contributed by atoms with E-state index in [1.807, 2.05) is 0 Å². The SMILES string of the molecule is CC1CCC(CNc2nc(Cl)ccc2N)C1. The van der Waals surface area contributed by atoms with Crippen LogP contribution in [0.25, 0.3) is 0 Å². The quantitative estimate of drug-likeness (QED) is 0.797. The fourth-order valence-electron chi connectivity index (χ4n) is 2.34. The highest BCUT2D eigenvalue weighted by molar-refractivity contribution is 6.29. The minimum Gasteiger partial charge on any atom is -0.396 e. The van der Waals surface area contributed by atoms with Crippen LogP contribution in [-0.2, 0) is 0 Å². The predicted octanol–water partition coefficient (Wildman–Crippen LogP) is 3.17. The van der Waals surface area contributed by atoms with Gasteiger partial charge in [0.25, 0.3) is 0 Å². The molecule has 0 aliphatic heterocycles. The van der Waals surface area contributed by atoms with Gasteiger partial charge >= 0.3 is 0 Å². The lowest BCUT2D eigenvalue weighted by Gasteiger charge is -2.13. The molecule has 1 heterocycles. The summed E-state index contributed by atoms with van der Waals surface area (Å²) in [6.45, 7) is 3.26. The Labute approximate surface area is 101 Å². The minimum atomic E-state index is 0.483. The standard InChI is InChI=1S/C12H18ClN3/c1-8-2-3-9(6-8)7-15-12-10(14)4-5-11(13)16-12/h4-5,8-9H,2-3,6-7,14H2,1H3,(H,15,16). The maximum Gasteiger partial charge on any atom is 0.150 e. The van der Waals surface area contributed by atoms with Crippen molar-refractivity contribution in [3.8, 4) is 0 Å². The first-order valence-electron chi connectivity index (χ1n) is 5.81. The Bertz CT molecular complexity index is 367. The third kappa shape index (κ3) is 2.79. The molecule has 1 aromatic heterocycles. The monoisotopic (exact) mass is 239 g/mol. The molecule has 3 N–H and O–H groups in total. The summed E-state index contributed by atoms with van der Waals surface area (Å²) in [5, 5.41) is 3.78. The molecule has 2 unspecified atom stereocenters. The molecule has 2 rings (SSSR count). The number of hydrogen-bond acceptors (Lipinski definition) is 3. The molecule has 0 radical (unpaired) electrons. The zero-order chi connectivity index (χ0) is 11.5. The molecular weight excluding hydrogens is 222 g/mol. The van der Waals surface area contributed by atoms with Crippen molar-refractivity contribution in [2.75, 3.05) is 17.6 Å². The maximum absolute atomic E-state index is 5.83. The van der Waals surface area contributed by atoms with Crippen LogP contribution in [0.3, 0.4) is 0 Å². The molecule has 0 spiro atoms. The second kappa shape index (κ2) is 4.91. The summed E-state index contributed by atoms with van der Waals surface area (Å²) in [4.78, 5) is 4.18. The number of nitrogen functional groups attached to an aromatic ring is 1. The van der Waals surface area contributed by atoms with Crippen LogP contribution >= 0.6 is 11.6 Å². The zero-order valence-electron chi connectivity index (χ0n) is 9.54.